The van der Waals surface area contributed by atoms with Gasteiger partial charge in [-0.05, 0) is 13.8 Å². The molecule has 0 spiro atoms. The minimum atomic E-state index is -0.481. The Morgan fingerprint density at radius 3 is 2.07 bits per heavy atom. The standard InChI is InChI=1S/C11H16O4/c1-8(2)7-10(12)14-5-6-15-11(13)9(3)4/h1,3,5-7H2,2,4H3. The third-order valence-electron chi connectivity index (χ3n) is 1.37. The van der Waals surface area contributed by atoms with Crippen LogP contribution in [-0.2, 0) is 19.1 Å². The predicted octanol–water partition coefficient (Wildman–Crippen LogP) is 1.62. The van der Waals surface area contributed by atoms with E-state index in [-0.39, 0.29) is 25.6 Å². The average molecular weight is 212 g/mol. The van der Waals surface area contributed by atoms with E-state index in [1.165, 1.54) is 0 Å². The van der Waals surface area contributed by atoms with Gasteiger partial charge in [-0.25, -0.2) is 4.79 Å². The van der Waals surface area contributed by atoms with Crippen LogP contribution >= 0.6 is 0 Å². The smallest absolute Gasteiger partial charge is 0.333 e. The van der Waals surface area contributed by atoms with E-state index >= 15 is 0 Å². The van der Waals surface area contributed by atoms with Gasteiger partial charge in [-0.15, -0.1) is 0 Å². The van der Waals surface area contributed by atoms with Crippen molar-refractivity contribution in [3.8, 4) is 0 Å². The molecule has 0 saturated heterocycles. The summed E-state index contributed by atoms with van der Waals surface area (Å²) < 4.78 is 9.50. The maximum absolute atomic E-state index is 11.0. The Kier molecular flexibility index (Phi) is 6.09. The van der Waals surface area contributed by atoms with Gasteiger partial charge < -0.3 is 9.47 Å². The molecule has 0 fully saturated rings. The van der Waals surface area contributed by atoms with Crippen molar-refractivity contribution in [2.75, 3.05) is 13.2 Å². The van der Waals surface area contributed by atoms with Crippen molar-refractivity contribution in [2.45, 2.75) is 20.3 Å². The number of carbonyl (C=O) groups excluding carboxylic acids is 2. The fraction of sp³-hybridized carbons (Fsp3) is 0.455. The summed E-state index contributed by atoms with van der Waals surface area (Å²) in [5, 5.41) is 0. The zero-order valence-electron chi connectivity index (χ0n) is 9.17. The van der Waals surface area contributed by atoms with E-state index in [1.807, 2.05) is 0 Å². The molecule has 0 saturated carbocycles. The Balaban J connectivity index is 3.55. The lowest BCUT2D eigenvalue weighted by Crippen LogP contribution is -2.14. The summed E-state index contributed by atoms with van der Waals surface area (Å²) in [4.78, 5) is 21.9. The SMILES string of the molecule is C=C(C)CC(=O)OCCOC(=O)C(=C)C. The normalized spacial score (nSPS) is 9.20. The average Bonchev–Trinajstić information content (AvgIpc) is 2.10. The highest BCUT2D eigenvalue weighted by molar-refractivity contribution is 5.86. The Morgan fingerprint density at radius 1 is 1.07 bits per heavy atom. The van der Waals surface area contributed by atoms with E-state index in [0.717, 1.165) is 5.57 Å². The zero-order chi connectivity index (χ0) is 11.8. The van der Waals surface area contributed by atoms with Crippen molar-refractivity contribution in [3.05, 3.63) is 24.3 Å². The van der Waals surface area contributed by atoms with Crippen LogP contribution in [0.4, 0.5) is 0 Å². The first-order chi connectivity index (χ1) is 6.93. The van der Waals surface area contributed by atoms with Crippen molar-refractivity contribution < 1.29 is 19.1 Å². The minimum absolute atomic E-state index is 0.0492. The first-order valence-corrected chi connectivity index (χ1v) is 4.56. The van der Waals surface area contributed by atoms with E-state index in [4.69, 9.17) is 9.47 Å². The zero-order valence-corrected chi connectivity index (χ0v) is 9.17. The summed E-state index contributed by atoms with van der Waals surface area (Å²) >= 11 is 0. The van der Waals surface area contributed by atoms with Crippen molar-refractivity contribution in [2.24, 2.45) is 0 Å². The molecule has 0 N–H and O–H groups in total. The van der Waals surface area contributed by atoms with Crippen LogP contribution in [0.15, 0.2) is 24.3 Å². The highest BCUT2D eigenvalue weighted by Crippen LogP contribution is 1.98. The van der Waals surface area contributed by atoms with Crippen molar-refractivity contribution in [1.29, 1.82) is 0 Å². The van der Waals surface area contributed by atoms with E-state index in [2.05, 4.69) is 13.2 Å². The molecular formula is C11H16O4. The summed E-state index contributed by atoms with van der Waals surface area (Å²) in [7, 11) is 0. The molecular weight excluding hydrogens is 196 g/mol. The lowest BCUT2D eigenvalue weighted by atomic mass is 10.2. The van der Waals surface area contributed by atoms with Crippen LogP contribution in [0.1, 0.15) is 20.3 Å². The van der Waals surface area contributed by atoms with Gasteiger partial charge in [0.2, 0.25) is 0 Å². The highest BCUT2D eigenvalue weighted by Gasteiger charge is 2.05. The number of esters is 2. The molecule has 0 aliphatic carbocycles. The summed E-state index contributed by atoms with van der Waals surface area (Å²) in [6, 6.07) is 0. The second kappa shape index (κ2) is 6.81. The second-order valence-corrected chi connectivity index (χ2v) is 3.27. The maximum Gasteiger partial charge on any atom is 0.333 e. The molecule has 4 nitrogen and oxygen atoms in total. The Bertz CT molecular complexity index is 278. The number of hydrogen-bond donors (Lipinski definition) is 0. The predicted molar refractivity (Wildman–Crippen MR) is 56.2 cm³/mol. The minimum Gasteiger partial charge on any atom is -0.462 e. The molecule has 0 aromatic rings. The molecule has 4 heteroatoms. The van der Waals surface area contributed by atoms with E-state index in [9.17, 15) is 9.59 Å². The van der Waals surface area contributed by atoms with Crippen LogP contribution in [0.5, 0.6) is 0 Å². The molecule has 0 aliphatic rings. The van der Waals surface area contributed by atoms with Crippen LogP contribution in [0.3, 0.4) is 0 Å². The van der Waals surface area contributed by atoms with Gasteiger partial charge >= 0.3 is 11.9 Å². The van der Waals surface area contributed by atoms with Gasteiger partial charge in [0.1, 0.15) is 13.2 Å². The summed E-state index contributed by atoms with van der Waals surface area (Å²) in [6.07, 6.45) is 0.189. The monoisotopic (exact) mass is 212 g/mol. The molecule has 0 unspecified atom stereocenters. The lowest BCUT2D eigenvalue weighted by Gasteiger charge is -2.05. The molecule has 15 heavy (non-hydrogen) atoms. The van der Waals surface area contributed by atoms with Crippen LogP contribution in [0, 0.1) is 0 Å². The van der Waals surface area contributed by atoms with Crippen molar-refractivity contribution in [1.82, 2.24) is 0 Å². The summed E-state index contributed by atoms with van der Waals surface area (Å²) in [6.45, 7) is 10.4. The van der Waals surface area contributed by atoms with Gasteiger partial charge in [0.15, 0.2) is 0 Å². The van der Waals surface area contributed by atoms with Gasteiger partial charge in [-0.2, -0.15) is 0 Å². The lowest BCUT2D eigenvalue weighted by molar-refractivity contribution is -0.149. The maximum atomic E-state index is 11.0. The first kappa shape index (κ1) is 13.4. The van der Waals surface area contributed by atoms with E-state index in [1.54, 1.807) is 13.8 Å². The fourth-order valence-electron chi connectivity index (χ4n) is 0.710. The molecule has 0 atom stereocenters. The number of rotatable bonds is 6. The molecule has 0 aliphatic heterocycles. The van der Waals surface area contributed by atoms with Crippen LogP contribution < -0.4 is 0 Å². The van der Waals surface area contributed by atoms with Gasteiger partial charge in [0.25, 0.3) is 0 Å². The van der Waals surface area contributed by atoms with Crippen LogP contribution in [0.25, 0.3) is 0 Å². The fourth-order valence-corrected chi connectivity index (χ4v) is 0.710. The first-order valence-electron chi connectivity index (χ1n) is 4.56. The van der Waals surface area contributed by atoms with Gasteiger partial charge in [0.05, 0.1) is 6.42 Å². The molecule has 0 bridgehead atoms. The van der Waals surface area contributed by atoms with Gasteiger partial charge in [-0.3, -0.25) is 4.79 Å². The molecule has 0 radical (unpaired) electrons. The largest absolute Gasteiger partial charge is 0.462 e. The highest BCUT2D eigenvalue weighted by atomic mass is 16.6. The van der Waals surface area contributed by atoms with Crippen molar-refractivity contribution in [3.63, 3.8) is 0 Å². The van der Waals surface area contributed by atoms with Gasteiger partial charge in [0, 0.05) is 5.57 Å². The van der Waals surface area contributed by atoms with Crippen LogP contribution in [-0.4, -0.2) is 25.2 Å². The van der Waals surface area contributed by atoms with Crippen LogP contribution in [0.2, 0.25) is 0 Å². The molecule has 0 aromatic carbocycles. The Morgan fingerprint density at radius 2 is 1.60 bits per heavy atom. The van der Waals surface area contributed by atoms with Crippen molar-refractivity contribution >= 4 is 11.9 Å². The number of carbonyl (C=O) groups is 2. The quantitative estimate of drug-likeness (QED) is 0.290. The third kappa shape index (κ3) is 7.49. The molecule has 0 rings (SSSR count). The van der Waals surface area contributed by atoms with E-state index in [0.29, 0.717) is 5.57 Å². The molecule has 0 heterocycles. The van der Waals surface area contributed by atoms with E-state index < -0.39 is 5.97 Å². The third-order valence-corrected chi connectivity index (χ3v) is 1.37. The number of hydrogen-bond acceptors (Lipinski definition) is 4. The molecule has 84 valence electrons. The van der Waals surface area contributed by atoms with Gasteiger partial charge in [-0.1, -0.05) is 18.7 Å². The number of ether oxygens (including phenoxy) is 2. The summed E-state index contributed by atoms with van der Waals surface area (Å²) in [5.74, 6) is -0.847. The Labute approximate surface area is 89.6 Å². The second-order valence-electron chi connectivity index (χ2n) is 3.27. The Hall–Kier alpha value is -1.58. The summed E-state index contributed by atoms with van der Waals surface area (Å²) in [5.41, 5.74) is 1.06. The molecule has 0 amide bonds. The molecule has 0 aromatic heterocycles. The topological polar surface area (TPSA) is 52.6 Å².